The first kappa shape index (κ1) is 25.1. The molecule has 1 saturated heterocycles. The van der Waals surface area contributed by atoms with Gasteiger partial charge in [-0.3, -0.25) is 4.79 Å². The molecule has 4 rings (SSSR count). The van der Waals surface area contributed by atoms with Crippen molar-refractivity contribution in [1.82, 2.24) is 18.8 Å². The lowest BCUT2D eigenvalue weighted by Crippen LogP contribution is -2.40. The Bertz CT molecular complexity index is 1170. The van der Waals surface area contributed by atoms with Crippen molar-refractivity contribution in [2.45, 2.75) is 89.3 Å². The second kappa shape index (κ2) is 10.3. The highest BCUT2D eigenvalue weighted by Crippen LogP contribution is 2.36. The number of pyridine rings is 1. The van der Waals surface area contributed by atoms with Gasteiger partial charge in [0.05, 0.1) is 23.3 Å². The molecule has 0 radical (unpaired) electrons. The van der Waals surface area contributed by atoms with Crippen LogP contribution >= 0.6 is 0 Å². The van der Waals surface area contributed by atoms with Crippen molar-refractivity contribution in [3.8, 4) is 0 Å². The van der Waals surface area contributed by atoms with Crippen LogP contribution < -0.4 is 10.9 Å². The van der Waals surface area contributed by atoms with Crippen LogP contribution in [0.15, 0.2) is 17.2 Å². The first-order valence-corrected chi connectivity index (χ1v) is 14.3. The van der Waals surface area contributed by atoms with E-state index in [-0.39, 0.29) is 29.7 Å². The third kappa shape index (κ3) is 5.44. The summed E-state index contributed by atoms with van der Waals surface area (Å²) in [7, 11) is -3.23. The fourth-order valence-corrected chi connectivity index (χ4v) is 6.25. The molecule has 2 aromatic rings. The van der Waals surface area contributed by atoms with Gasteiger partial charge in [0.25, 0.3) is 5.56 Å². The monoisotopic (exact) mass is 491 g/mol. The Labute approximate surface area is 201 Å². The third-order valence-corrected chi connectivity index (χ3v) is 8.63. The van der Waals surface area contributed by atoms with Crippen molar-refractivity contribution >= 4 is 26.9 Å². The molecule has 3 heterocycles. The molecule has 2 aromatic heterocycles. The number of aliphatic hydroxyl groups is 1. The van der Waals surface area contributed by atoms with Crippen molar-refractivity contribution in [1.29, 1.82) is 0 Å². The van der Waals surface area contributed by atoms with Crippen LogP contribution in [0.3, 0.4) is 0 Å². The molecule has 34 heavy (non-hydrogen) atoms. The Morgan fingerprint density at radius 3 is 2.47 bits per heavy atom. The number of nitrogens with one attached hydrogen (secondary N) is 1. The zero-order valence-corrected chi connectivity index (χ0v) is 21.2. The van der Waals surface area contributed by atoms with E-state index < -0.39 is 10.0 Å². The van der Waals surface area contributed by atoms with Gasteiger partial charge in [-0.25, -0.2) is 22.7 Å². The molecule has 10 heteroatoms. The Morgan fingerprint density at radius 1 is 1.18 bits per heavy atom. The predicted octanol–water partition coefficient (Wildman–Crippen LogP) is 3.01. The quantitative estimate of drug-likeness (QED) is 0.611. The maximum absolute atomic E-state index is 13.5. The molecule has 0 amide bonds. The Hall–Kier alpha value is -2.04. The zero-order chi connectivity index (χ0) is 24.5. The van der Waals surface area contributed by atoms with E-state index in [0.29, 0.717) is 42.8 Å². The Kier molecular flexibility index (Phi) is 7.59. The fourth-order valence-electron chi connectivity index (χ4n) is 5.37. The van der Waals surface area contributed by atoms with Crippen LogP contribution in [0.1, 0.15) is 82.7 Å². The van der Waals surface area contributed by atoms with Gasteiger partial charge in [0.15, 0.2) is 0 Å². The van der Waals surface area contributed by atoms with Crippen LogP contribution in [0.4, 0.5) is 5.95 Å². The summed E-state index contributed by atoms with van der Waals surface area (Å²) in [6.07, 6.45) is 11.0. The maximum atomic E-state index is 13.5. The summed E-state index contributed by atoms with van der Waals surface area (Å²) < 4.78 is 27.1. The minimum atomic E-state index is -3.23. The number of anilines is 1. The number of aliphatic hydroxyl groups excluding tert-OH is 1. The average Bonchev–Trinajstić information content (AvgIpc) is 2.80. The van der Waals surface area contributed by atoms with E-state index in [1.165, 1.54) is 10.6 Å². The van der Waals surface area contributed by atoms with Gasteiger partial charge in [0, 0.05) is 37.6 Å². The molecule has 1 atom stereocenters. The van der Waals surface area contributed by atoms with Crippen LogP contribution in [-0.4, -0.2) is 63.9 Å². The highest BCUT2D eigenvalue weighted by Gasteiger charge is 2.29. The smallest absolute Gasteiger partial charge is 0.261 e. The summed E-state index contributed by atoms with van der Waals surface area (Å²) in [6.45, 7) is 5.06. The maximum Gasteiger partial charge on any atom is 0.261 e. The minimum absolute atomic E-state index is 0.0646. The standard InChI is InChI=1S/C24H37N5O4S/c1-4-5-16(2)26-24-25-14-20-22(27-24)21(17-6-8-19(30)9-7-17)15-29(23(20)31)18-10-12-28(13-11-18)34(3,32)33/h14-19,30H,4-13H2,1-3H3,(H,25,26,27)/t16?,17-,19+. The van der Waals surface area contributed by atoms with E-state index in [1.54, 1.807) is 10.8 Å². The summed E-state index contributed by atoms with van der Waals surface area (Å²) in [4.78, 5) is 22.8. The van der Waals surface area contributed by atoms with Gasteiger partial charge < -0.3 is 15.0 Å². The molecule has 0 aromatic carbocycles. The summed E-state index contributed by atoms with van der Waals surface area (Å²) in [5.74, 6) is 0.744. The number of nitrogens with zero attached hydrogens (tertiary/aromatic N) is 4. The molecule has 188 valence electrons. The van der Waals surface area contributed by atoms with Crippen molar-refractivity contribution in [3.63, 3.8) is 0 Å². The predicted molar refractivity (Wildman–Crippen MR) is 134 cm³/mol. The minimum Gasteiger partial charge on any atom is -0.393 e. The number of aromatic nitrogens is 3. The Morgan fingerprint density at radius 2 is 1.85 bits per heavy atom. The number of hydrogen-bond donors (Lipinski definition) is 2. The van der Waals surface area contributed by atoms with E-state index >= 15 is 0 Å². The van der Waals surface area contributed by atoms with Gasteiger partial charge >= 0.3 is 0 Å². The van der Waals surface area contributed by atoms with Gasteiger partial charge in [0.1, 0.15) is 0 Å². The third-order valence-electron chi connectivity index (χ3n) is 7.32. The first-order chi connectivity index (χ1) is 16.2. The molecule has 1 saturated carbocycles. The average molecular weight is 492 g/mol. The normalized spacial score (nSPS) is 23.8. The summed E-state index contributed by atoms with van der Waals surface area (Å²) in [6, 6.07) is 0.168. The van der Waals surface area contributed by atoms with Gasteiger partial charge in [-0.1, -0.05) is 13.3 Å². The number of sulfonamides is 1. The van der Waals surface area contributed by atoms with Crippen LogP contribution in [-0.2, 0) is 10.0 Å². The SMILES string of the molecule is CCCC(C)Nc1ncc2c(=O)n(C3CCN(S(C)(=O)=O)CC3)cc([C@H]3CC[C@@H](O)CC3)c2n1. The lowest BCUT2D eigenvalue weighted by atomic mass is 9.82. The van der Waals surface area contributed by atoms with E-state index in [4.69, 9.17) is 4.98 Å². The fraction of sp³-hybridized carbons (Fsp3) is 0.708. The molecule has 9 nitrogen and oxygen atoms in total. The summed E-state index contributed by atoms with van der Waals surface area (Å²) >= 11 is 0. The van der Waals surface area contributed by atoms with Crippen molar-refractivity contribution in [3.05, 3.63) is 28.3 Å². The largest absolute Gasteiger partial charge is 0.393 e. The molecule has 2 fully saturated rings. The Balaban J connectivity index is 1.73. The first-order valence-electron chi connectivity index (χ1n) is 12.5. The van der Waals surface area contributed by atoms with Gasteiger partial charge in [-0.2, -0.15) is 0 Å². The highest BCUT2D eigenvalue weighted by atomic mass is 32.2. The van der Waals surface area contributed by atoms with E-state index in [9.17, 15) is 18.3 Å². The number of fused-ring (bicyclic) bond motifs is 1. The molecule has 2 N–H and O–H groups in total. The van der Waals surface area contributed by atoms with Gasteiger partial charge in [-0.15, -0.1) is 0 Å². The topological polar surface area (TPSA) is 117 Å². The molecule has 2 aliphatic rings. The summed E-state index contributed by atoms with van der Waals surface area (Å²) in [5.41, 5.74) is 1.60. The summed E-state index contributed by atoms with van der Waals surface area (Å²) in [5, 5.41) is 13.9. The van der Waals surface area contributed by atoms with E-state index in [0.717, 1.165) is 44.1 Å². The van der Waals surface area contributed by atoms with Gasteiger partial charge in [0.2, 0.25) is 16.0 Å². The highest BCUT2D eigenvalue weighted by molar-refractivity contribution is 7.88. The van der Waals surface area contributed by atoms with Crippen molar-refractivity contribution < 1.29 is 13.5 Å². The zero-order valence-electron chi connectivity index (χ0n) is 20.4. The molecular formula is C24H37N5O4S. The molecule has 0 spiro atoms. The molecule has 1 aliphatic heterocycles. The lowest BCUT2D eigenvalue weighted by molar-refractivity contribution is 0.122. The second-order valence-corrected chi connectivity index (χ2v) is 12.0. The number of hydrogen-bond acceptors (Lipinski definition) is 7. The van der Waals surface area contributed by atoms with E-state index in [1.807, 2.05) is 6.20 Å². The van der Waals surface area contributed by atoms with Crippen LogP contribution in [0.5, 0.6) is 0 Å². The molecular weight excluding hydrogens is 454 g/mol. The second-order valence-electron chi connectivity index (χ2n) is 9.99. The number of piperidine rings is 1. The van der Waals surface area contributed by atoms with E-state index in [2.05, 4.69) is 24.1 Å². The van der Waals surface area contributed by atoms with Crippen molar-refractivity contribution in [2.75, 3.05) is 24.7 Å². The molecule has 1 aliphatic carbocycles. The van der Waals surface area contributed by atoms with Gasteiger partial charge in [-0.05, 0) is 63.4 Å². The van der Waals surface area contributed by atoms with Crippen molar-refractivity contribution in [2.24, 2.45) is 0 Å². The van der Waals surface area contributed by atoms with Crippen LogP contribution in [0.25, 0.3) is 10.9 Å². The molecule has 1 unspecified atom stereocenters. The number of rotatable bonds is 7. The van der Waals surface area contributed by atoms with Crippen LogP contribution in [0, 0.1) is 0 Å². The van der Waals surface area contributed by atoms with Crippen LogP contribution in [0.2, 0.25) is 0 Å². The molecule has 0 bridgehead atoms. The lowest BCUT2D eigenvalue weighted by Gasteiger charge is -2.32.